The Morgan fingerprint density at radius 1 is 1.14 bits per heavy atom. The molecule has 6 nitrogen and oxygen atoms in total. The van der Waals surface area contributed by atoms with Crippen LogP contribution in [0.4, 0.5) is 13.2 Å². The summed E-state index contributed by atoms with van der Waals surface area (Å²) in [5.41, 5.74) is 3.29. The normalized spacial score (nSPS) is 22.6. The van der Waals surface area contributed by atoms with Crippen molar-refractivity contribution in [3.05, 3.63) is 30.1 Å². The van der Waals surface area contributed by atoms with Gasteiger partial charge in [-0.05, 0) is 44.9 Å². The summed E-state index contributed by atoms with van der Waals surface area (Å²) >= 11 is 0. The van der Waals surface area contributed by atoms with Crippen molar-refractivity contribution < 1.29 is 18.0 Å². The van der Waals surface area contributed by atoms with Gasteiger partial charge in [-0.15, -0.1) is 0 Å². The van der Waals surface area contributed by atoms with Crippen LogP contribution in [-0.4, -0.2) is 83.2 Å². The van der Waals surface area contributed by atoms with Crippen LogP contribution in [0.25, 0.3) is 0 Å². The minimum absolute atomic E-state index is 0.219. The molecular formula is C19H28F3N5O. The van der Waals surface area contributed by atoms with Crippen molar-refractivity contribution in [1.82, 2.24) is 25.2 Å². The van der Waals surface area contributed by atoms with Gasteiger partial charge in [-0.3, -0.25) is 25.0 Å². The number of nitrogens with one attached hydrogen (secondary N) is 1. The van der Waals surface area contributed by atoms with Crippen molar-refractivity contribution in [3.63, 3.8) is 0 Å². The molecule has 9 heteroatoms. The highest BCUT2D eigenvalue weighted by Crippen LogP contribution is 2.28. The number of carbonyl (C=O) groups is 1. The van der Waals surface area contributed by atoms with Gasteiger partial charge in [0.15, 0.2) is 0 Å². The summed E-state index contributed by atoms with van der Waals surface area (Å²) in [7, 11) is 0. The zero-order chi connectivity index (χ0) is 20.1. The van der Waals surface area contributed by atoms with Crippen LogP contribution in [-0.2, 0) is 0 Å². The average Bonchev–Trinajstić information content (AvgIpc) is 2.93. The highest BCUT2D eigenvalue weighted by Gasteiger charge is 2.41. The monoisotopic (exact) mass is 399 g/mol. The second-order valence-electron chi connectivity index (χ2n) is 7.52. The summed E-state index contributed by atoms with van der Waals surface area (Å²) in [5, 5.41) is 1.91. The van der Waals surface area contributed by atoms with Crippen LogP contribution < -0.4 is 5.43 Å². The predicted molar refractivity (Wildman–Crippen MR) is 99.6 cm³/mol. The van der Waals surface area contributed by atoms with Crippen molar-refractivity contribution in [3.8, 4) is 0 Å². The zero-order valence-corrected chi connectivity index (χ0v) is 16.2. The van der Waals surface area contributed by atoms with Gasteiger partial charge in [-0.1, -0.05) is 6.07 Å². The number of nitrogens with zero attached hydrogens (tertiary/aromatic N) is 4. The molecule has 2 fully saturated rings. The quantitative estimate of drug-likeness (QED) is 0.841. The highest BCUT2D eigenvalue weighted by molar-refractivity contribution is 5.91. The van der Waals surface area contributed by atoms with Gasteiger partial charge in [0, 0.05) is 45.0 Å². The molecule has 156 valence electrons. The van der Waals surface area contributed by atoms with Crippen LogP contribution >= 0.6 is 0 Å². The van der Waals surface area contributed by atoms with Gasteiger partial charge in [0.2, 0.25) is 0 Å². The first-order chi connectivity index (χ1) is 13.3. The van der Waals surface area contributed by atoms with E-state index in [0.29, 0.717) is 31.4 Å². The van der Waals surface area contributed by atoms with E-state index in [-0.39, 0.29) is 5.91 Å². The molecule has 1 atom stereocenters. The molecule has 2 aliphatic heterocycles. The number of aromatic nitrogens is 1. The molecule has 0 aliphatic carbocycles. The fourth-order valence-electron chi connectivity index (χ4n) is 3.96. The first-order valence-corrected chi connectivity index (χ1v) is 9.86. The lowest BCUT2D eigenvalue weighted by Gasteiger charge is -2.40. The first kappa shape index (κ1) is 21.0. The van der Waals surface area contributed by atoms with Gasteiger partial charge in [-0.2, -0.15) is 13.2 Å². The summed E-state index contributed by atoms with van der Waals surface area (Å²) in [4.78, 5) is 20.2. The van der Waals surface area contributed by atoms with Crippen LogP contribution in [0, 0.1) is 0 Å². The highest BCUT2D eigenvalue weighted by atomic mass is 19.4. The molecular weight excluding hydrogens is 371 g/mol. The molecule has 0 bridgehead atoms. The molecule has 3 heterocycles. The van der Waals surface area contributed by atoms with E-state index < -0.39 is 12.2 Å². The molecule has 0 unspecified atom stereocenters. The van der Waals surface area contributed by atoms with Gasteiger partial charge in [0.05, 0.1) is 0 Å². The van der Waals surface area contributed by atoms with Gasteiger partial charge in [0.25, 0.3) is 5.91 Å². The number of rotatable bonds is 4. The van der Waals surface area contributed by atoms with Crippen LogP contribution in [0.15, 0.2) is 24.4 Å². The molecule has 1 aromatic heterocycles. The molecule has 0 aromatic carbocycles. The largest absolute Gasteiger partial charge is 0.403 e. The van der Waals surface area contributed by atoms with Gasteiger partial charge in [-0.25, -0.2) is 5.01 Å². The summed E-state index contributed by atoms with van der Waals surface area (Å²) in [6.45, 7) is 5.33. The van der Waals surface area contributed by atoms with E-state index in [2.05, 4.69) is 15.3 Å². The van der Waals surface area contributed by atoms with Crippen molar-refractivity contribution >= 4 is 5.91 Å². The average molecular weight is 399 g/mol. The number of hydrogen-bond acceptors (Lipinski definition) is 5. The maximum absolute atomic E-state index is 12.9. The smallest absolute Gasteiger partial charge is 0.299 e. The van der Waals surface area contributed by atoms with Gasteiger partial charge in [0.1, 0.15) is 11.7 Å². The maximum Gasteiger partial charge on any atom is 0.403 e. The van der Waals surface area contributed by atoms with E-state index in [1.54, 1.807) is 24.4 Å². The minimum Gasteiger partial charge on any atom is -0.299 e. The summed E-state index contributed by atoms with van der Waals surface area (Å²) in [6.07, 6.45) is -0.171. The first-order valence-electron chi connectivity index (χ1n) is 9.86. The van der Waals surface area contributed by atoms with Crippen LogP contribution in [0.3, 0.4) is 0 Å². The lowest BCUT2D eigenvalue weighted by molar-refractivity contribution is -0.182. The molecule has 0 radical (unpaired) electrons. The van der Waals surface area contributed by atoms with Crippen molar-refractivity contribution in [2.45, 2.75) is 44.4 Å². The summed E-state index contributed by atoms with van der Waals surface area (Å²) < 4.78 is 38.7. The number of hydrogen-bond donors (Lipinski definition) is 1. The van der Waals surface area contributed by atoms with Gasteiger partial charge < -0.3 is 0 Å². The standard InChI is InChI=1S/C19H28F3N5O/c1-15(19(20,21)22)25-11-6-16(7-12-25)26-9-4-10-27(14-13-26)24-18(28)17-5-2-3-8-23-17/h2-3,5,8,15-16H,4,6-7,9-14H2,1H3,(H,24,28)/t15-/m0/s1. The molecule has 1 N–H and O–H groups in total. The van der Waals surface area contributed by atoms with Crippen molar-refractivity contribution in [1.29, 1.82) is 0 Å². The third-order valence-electron chi connectivity index (χ3n) is 5.72. The second-order valence-corrected chi connectivity index (χ2v) is 7.52. The van der Waals surface area contributed by atoms with E-state index >= 15 is 0 Å². The molecule has 3 rings (SSSR count). The third kappa shape index (κ3) is 5.42. The van der Waals surface area contributed by atoms with E-state index in [4.69, 9.17) is 0 Å². The zero-order valence-electron chi connectivity index (χ0n) is 16.2. The van der Waals surface area contributed by atoms with Crippen LogP contribution in [0.1, 0.15) is 36.7 Å². The SMILES string of the molecule is C[C@H](N1CCC(N2CCCN(NC(=O)c3ccccn3)CC2)CC1)C(F)(F)F. The third-order valence-corrected chi connectivity index (χ3v) is 5.72. The number of alkyl halides is 3. The lowest BCUT2D eigenvalue weighted by Crippen LogP contribution is -2.52. The van der Waals surface area contributed by atoms with Crippen molar-refractivity contribution in [2.75, 3.05) is 39.3 Å². The molecule has 1 amide bonds. The van der Waals surface area contributed by atoms with Crippen molar-refractivity contribution in [2.24, 2.45) is 0 Å². The van der Waals surface area contributed by atoms with E-state index in [0.717, 1.165) is 38.9 Å². The Balaban J connectivity index is 1.46. The van der Waals surface area contributed by atoms with Crippen LogP contribution in [0.5, 0.6) is 0 Å². The Bertz CT molecular complexity index is 634. The molecule has 2 saturated heterocycles. The molecule has 1 aromatic rings. The van der Waals surface area contributed by atoms with Gasteiger partial charge >= 0.3 is 6.18 Å². The number of pyridine rings is 1. The molecule has 0 spiro atoms. The summed E-state index contributed by atoms with van der Waals surface area (Å²) in [5.74, 6) is -0.219. The fraction of sp³-hybridized carbons (Fsp3) is 0.684. The van der Waals surface area contributed by atoms with E-state index in [1.165, 1.54) is 11.8 Å². The Labute approximate surface area is 163 Å². The Morgan fingerprint density at radius 3 is 2.54 bits per heavy atom. The van der Waals surface area contributed by atoms with Crippen LogP contribution in [0.2, 0.25) is 0 Å². The number of halogens is 3. The van der Waals surface area contributed by atoms with E-state index in [1.807, 2.05) is 5.01 Å². The fourth-order valence-corrected chi connectivity index (χ4v) is 3.96. The Kier molecular flexibility index (Phi) is 6.90. The Morgan fingerprint density at radius 2 is 1.89 bits per heavy atom. The number of hydrazine groups is 1. The maximum atomic E-state index is 12.9. The number of likely N-dealkylation sites (tertiary alicyclic amines) is 1. The minimum atomic E-state index is -4.16. The topological polar surface area (TPSA) is 51.7 Å². The van der Waals surface area contributed by atoms with E-state index in [9.17, 15) is 18.0 Å². The predicted octanol–water partition coefficient (Wildman–Crippen LogP) is 2.15. The number of amides is 1. The molecule has 28 heavy (non-hydrogen) atoms. The molecule has 2 aliphatic rings. The molecule has 0 saturated carbocycles. The number of piperidine rings is 1. The number of carbonyl (C=O) groups excluding carboxylic acids is 1. The lowest BCUT2D eigenvalue weighted by atomic mass is 10.0. The Hall–Kier alpha value is -1.71. The summed E-state index contributed by atoms with van der Waals surface area (Å²) in [6, 6.07) is 4.15. The second kappa shape index (κ2) is 9.19.